The fourth-order valence-electron chi connectivity index (χ4n) is 2.97. The molecule has 108 valence electrons. The number of benzene rings is 2. The molecule has 2 aliphatic rings. The minimum Gasteiger partial charge on any atom is -0.508 e. The molecule has 21 heavy (non-hydrogen) atoms. The predicted octanol–water partition coefficient (Wildman–Crippen LogP) is 3.87. The van der Waals surface area contributed by atoms with E-state index in [9.17, 15) is 5.11 Å². The second kappa shape index (κ2) is 4.74. The van der Waals surface area contributed by atoms with Crippen LogP contribution < -0.4 is 14.8 Å². The van der Waals surface area contributed by atoms with Gasteiger partial charge in [0.05, 0.1) is 16.8 Å². The summed E-state index contributed by atoms with van der Waals surface area (Å²) in [5.74, 6) is 1.71. The number of phenols is 1. The Labute approximate surface area is 127 Å². The Kier molecular flexibility index (Phi) is 2.86. The number of aromatic hydroxyl groups is 1. The first-order valence-corrected chi connectivity index (χ1v) is 7.26. The molecule has 1 heterocycles. The average Bonchev–Trinajstić information content (AvgIpc) is 3.06. The van der Waals surface area contributed by atoms with E-state index in [1.807, 2.05) is 18.2 Å². The van der Waals surface area contributed by atoms with E-state index >= 15 is 0 Å². The topological polar surface area (TPSA) is 50.7 Å². The quantitative estimate of drug-likeness (QED) is 0.884. The summed E-state index contributed by atoms with van der Waals surface area (Å²) in [5, 5.41) is 13.6. The van der Waals surface area contributed by atoms with Crippen LogP contribution in [0.1, 0.15) is 23.6 Å². The van der Waals surface area contributed by atoms with Crippen LogP contribution >= 0.6 is 11.6 Å². The van der Waals surface area contributed by atoms with Gasteiger partial charge in [-0.2, -0.15) is 0 Å². The molecule has 1 aliphatic heterocycles. The summed E-state index contributed by atoms with van der Waals surface area (Å²) in [7, 11) is 0. The zero-order valence-electron chi connectivity index (χ0n) is 11.2. The Balaban J connectivity index is 1.64. The first-order chi connectivity index (χ1) is 10.2. The third-order valence-corrected chi connectivity index (χ3v) is 4.31. The van der Waals surface area contributed by atoms with Crippen molar-refractivity contribution in [2.24, 2.45) is 0 Å². The largest absolute Gasteiger partial charge is 0.508 e. The monoisotopic (exact) mass is 303 g/mol. The number of phenolic OH excluding ortho intramolecular Hbond substituents is 1. The standard InChI is InChI=1S/C16H14ClNO3/c17-12-6-15-16(21-8-20-15)7-14(12)18-13-4-1-9-5-10(19)2-3-11(9)13/h2-3,5-7,13,18-19H,1,4,8H2. The van der Waals surface area contributed by atoms with Crippen LogP contribution in [0.2, 0.25) is 5.02 Å². The summed E-state index contributed by atoms with van der Waals surface area (Å²) in [5.41, 5.74) is 3.23. The molecule has 0 amide bonds. The number of nitrogens with one attached hydrogen (secondary N) is 1. The maximum atomic E-state index is 9.55. The first-order valence-electron chi connectivity index (χ1n) is 6.88. The SMILES string of the molecule is Oc1ccc2c(c1)CCC2Nc1cc2c(cc1Cl)OCO2. The molecule has 4 rings (SSSR count). The van der Waals surface area contributed by atoms with Crippen molar-refractivity contribution in [2.75, 3.05) is 12.1 Å². The maximum Gasteiger partial charge on any atom is 0.231 e. The van der Waals surface area contributed by atoms with Gasteiger partial charge in [0.1, 0.15) is 5.75 Å². The molecule has 0 aromatic heterocycles. The minimum absolute atomic E-state index is 0.193. The van der Waals surface area contributed by atoms with Crippen LogP contribution in [0, 0.1) is 0 Å². The van der Waals surface area contributed by atoms with E-state index < -0.39 is 0 Å². The Hall–Kier alpha value is -2.07. The molecule has 0 saturated heterocycles. The van der Waals surface area contributed by atoms with Crippen molar-refractivity contribution >= 4 is 17.3 Å². The first kappa shape index (κ1) is 12.7. The van der Waals surface area contributed by atoms with Gasteiger partial charge in [0.15, 0.2) is 11.5 Å². The van der Waals surface area contributed by atoms with Crippen molar-refractivity contribution in [3.05, 3.63) is 46.5 Å². The minimum atomic E-state index is 0.193. The van der Waals surface area contributed by atoms with E-state index in [1.54, 1.807) is 12.1 Å². The Morgan fingerprint density at radius 3 is 2.81 bits per heavy atom. The zero-order chi connectivity index (χ0) is 14.4. The molecule has 5 heteroatoms. The van der Waals surface area contributed by atoms with E-state index in [1.165, 1.54) is 11.1 Å². The summed E-state index contributed by atoms with van der Waals surface area (Å²) in [6.45, 7) is 0.237. The predicted molar refractivity (Wildman–Crippen MR) is 80.4 cm³/mol. The van der Waals surface area contributed by atoms with Crippen LogP contribution in [0.3, 0.4) is 0 Å². The lowest BCUT2D eigenvalue weighted by Gasteiger charge is -2.17. The lowest BCUT2D eigenvalue weighted by atomic mass is 10.1. The lowest BCUT2D eigenvalue weighted by molar-refractivity contribution is 0.174. The summed E-state index contributed by atoms with van der Waals surface area (Å²) >= 11 is 6.30. The highest BCUT2D eigenvalue weighted by molar-refractivity contribution is 6.33. The van der Waals surface area contributed by atoms with E-state index in [2.05, 4.69) is 5.32 Å². The number of hydrogen-bond donors (Lipinski definition) is 2. The van der Waals surface area contributed by atoms with Gasteiger partial charge in [-0.25, -0.2) is 0 Å². The maximum absolute atomic E-state index is 9.55. The molecule has 0 bridgehead atoms. The molecule has 2 N–H and O–H groups in total. The molecular formula is C16H14ClNO3. The molecule has 1 unspecified atom stereocenters. The number of rotatable bonds is 2. The van der Waals surface area contributed by atoms with Gasteiger partial charge in [-0.1, -0.05) is 17.7 Å². The summed E-state index contributed by atoms with van der Waals surface area (Å²) in [6, 6.07) is 9.37. The Morgan fingerprint density at radius 1 is 1.14 bits per heavy atom. The molecule has 0 spiro atoms. The second-order valence-electron chi connectivity index (χ2n) is 5.30. The molecular weight excluding hydrogens is 290 g/mol. The molecule has 2 aromatic carbocycles. The normalized spacial score (nSPS) is 18.6. The highest BCUT2D eigenvalue weighted by atomic mass is 35.5. The second-order valence-corrected chi connectivity index (χ2v) is 5.71. The average molecular weight is 304 g/mol. The van der Waals surface area contributed by atoms with Gasteiger partial charge in [0.25, 0.3) is 0 Å². The van der Waals surface area contributed by atoms with Crippen LogP contribution in [-0.4, -0.2) is 11.9 Å². The summed E-state index contributed by atoms with van der Waals surface area (Å²) in [6.07, 6.45) is 1.92. The van der Waals surface area contributed by atoms with Crippen molar-refractivity contribution in [1.82, 2.24) is 0 Å². The number of hydrogen-bond acceptors (Lipinski definition) is 4. The van der Waals surface area contributed by atoms with E-state index in [4.69, 9.17) is 21.1 Å². The number of aryl methyl sites for hydroxylation is 1. The smallest absolute Gasteiger partial charge is 0.231 e. The highest BCUT2D eigenvalue weighted by Gasteiger charge is 2.24. The number of halogens is 1. The summed E-state index contributed by atoms with van der Waals surface area (Å²) in [4.78, 5) is 0. The van der Waals surface area contributed by atoms with Crippen LogP contribution in [0.5, 0.6) is 17.2 Å². The van der Waals surface area contributed by atoms with Gasteiger partial charge < -0.3 is 19.9 Å². The van der Waals surface area contributed by atoms with Crippen LogP contribution in [0.4, 0.5) is 5.69 Å². The van der Waals surface area contributed by atoms with Crippen molar-refractivity contribution < 1.29 is 14.6 Å². The van der Waals surface area contributed by atoms with Gasteiger partial charge in [0.2, 0.25) is 6.79 Å². The lowest BCUT2D eigenvalue weighted by Crippen LogP contribution is -2.07. The zero-order valence-corrected chi connectivity index (χ0v) is 12.0. The van der Waals surface area contributed by atoms with Crippen LogP contribution in [-0.2, 0) is 6.42 Å². The van der Waals surface area contributed by atoms with Gasteiger partial charge in [0, 0.05) is 12.1 Å². The number of anilines is 1. The van der Waals surface area contributed by atoms with Gasteiger partial charge in [-0.3, -0.25) is 0 Å². The van der Waals surface area contributed by atoms with Gasteiger partial charge in [-0.05, 0) is 36.1 Å². The van der Waals surface area contributed by atoms with Gasteiger partial charge >= 0.3 is 0 Å². The van der Waals surface area contributed by atoms with Crippen LogP contribution in [0.25, 0.3) is 0 Å². The molecule has 1 aliphatic carbocycles. The molecule has 0 saturated carbocycles. The van der Waals surface area contributed by atoms with Crippen molar-refractivity contribution in [3.63, 3.8) is 0 Å². The fraction of sp³-hybridized carbons (Fsp3) is 0.250. The third-order valence-electron chi connectivity index (χ3n) is 4.00. The Bertz CT molecular complexity index is 717. The molecule has 0 fully saturated rings. The Morgan fingerprint density at radius 2 is 1.95 bits per heavy atom. The fourth-order valence-corrected chi connectivity index (χ4v) is 3.18. The number of ether oxygens (including phenoxy) is 2. The van der Waals surface area contributed by atoms with Crippen LogP contribution in [0.15, 0.2) is 30.3 Å². The molecule has 0 radical (unpaired) electrons. The van der Waals surface area contributed by atoms with Crippen molar-refractivity contribution in [3.8, 4) is 17.2 Å². The van der Waals surface area contributed by atoms with Crippen molar-refractivity contribution in [2.45, 2.75) is 18.9 Å². The molecule has 2 aromatic rings. The van der Waals surface area contributed by atoms with E-state index in [0.717, 1.165) is 18.5 Å². The van der Waals surface area contributed by atoms with E-state index in [0.29, 0.717) is 22.3 Å². The molecule has 4 nitrogen and oxygen atoms in total. The highest BCUT2D eigenvalue weighted by Crippen LogP contribution is 2.42. The van der Waals surface area contributed by atoms with Gasteiger partial charge in [-0.15, -0.1) is 0 Å². The third kappa shape index (κ3) is 2.16. The van der Waals surface area contributed by atoms with E-state index in [-0.39, 0.29) is 12.8 Å². The van der Waals surface area contributed by atoms with Crippen molar-refractivity contribution in [1.29, 1.82) is 0 Å². The summed E-state index contributed by atoms with van der Waals surface area (Å²) < 4.78 is 10.7. The molecule has 1 atom stereocenters. The number of fused-ring (bicyclic) bond motifs is 2.